The van der Waals surface area contributed by atoms with E-state index in [0.29, 0.717) is 31.9 Å². The fourth-order valence-electron chi connectivity index (χ4n) is 2.94. The van der Waals surface area contributed by atoms with Gasteiger partial charge >= 0.3 is 0 Å². The van der Waals surface area contributed by atoms with Gasteiger partial charge in [-0.2, -0.15) is 0 Å². The fourth-order valence-corrected chi connectivity index (χ4v) is 2.94. The van der Waals surface area contributed by atoms with Crippen molar-refractivity contribution < 1.29 is 9.53 Å². The second kappa shape index (κ2) is 9.71. The topological polar surface area (TPSA) is 68.2 Å². The number of pyridine rings is 1. The van der Waals surface area contributed by atoms with Crippen molar-refractivity contribution >= 4 is 5.91 Å². The molecule has 2 aromatic heterocycles. The number of amides is 1. The van der Waals surface area contributed by atoms with Crippen LogP contribution in [0.3, 0.4) is 0 Å². The van der Waals surface area contributed by atoms with Crippen LogP contribution in [0.5, 0.6) is 0 Å². The largest absolute Gasteiger partial charge is 0.384 e. The summed E-state index contributed by atoms with van der Waals surface area (Å²) in [5, 5.41) is 0. The summed E-state index contributed by atoms with van der Waals surface area (Å²) in [6.45, 7) is 3.13. The highest BCUT2D eigenvalue weighted by Crippen LogP contribution is 2.22. The van der Waals surface area contributed by atoms with Crippen LogP contribution in [0, 0.1) is 6.92 Å². The van der Waals surface area contributed by atoms with Gasteiger partial charge in [0, 0.05) is 31.6 Å². The van der Waals surface area contributed by atoms with Gasteiger partial charge in [0.15, 0.2) is 0 Å². The van der Waals surface area contributed by atoms with Crippen LogP contribution in [0.4, 0.5) is 0 Å². The molecule has 0 aliphatic rings. The number of ether oxygens (including phenoxy) is 1. The van der Waals surface area contributed by atoms with Crippen LogP contribution < -0.4 is 0 Å². The Morgan fingerprint density at radius 1 is 1.04 bits per heavy atom. The molecule has 3 rings (SSSR count). The van der Waals surface area contributed by atoms with E-state index in [1.54, 1.807) is 19.5 Å². The standard InChI is InChI=1S/C22H24N4O2/c1-17-24-14-19(20-10-6-7-12-23-20)21(25-17)16-26(22(27)11-13-28-2)15-18-8-4-3-5-9-18/h3-10,12,14H,11,13,15-16H2,1-2H3. The van der Waals surface area contributed by atoms with Crippen LogP contribution in [0.2, 0.25) is 0 Å². The van der Waals surface area contributed by atoms with Crippen LogP contribution >= 0.6 is 0 Å². The maximum absolute atomic E-state index is 12.8. The third-order valence-corrected chi connectivity index (χ3v) is 4.36. The van der Waals surface area contributed by atoms with E-state index < -0.39 is 0 Å². The number of aromatic nitrogens is 3. The maximum Gasteiger partial charge on any atom is 0.225 e. The van der Waals surface area contributed by atoms with E-state index in [4.69, 9.17) is 4.74 Å². The lowest BCUT2D eigenvalue weighted by atomic mass is 10.1. The number of benzene rings is 1. The third-order valence-electron chi connectivity index (χ3n) is 4.36. The molecule has 1 amide bonds. The zero-order valence-electron chi connectivity index (χ0n) is 16.2. The van der Waals surface area contributed by atoms with Crippen molar-refractivity contribution in [1.82, 2.24) is 19.9 Å². The van der Waals surface area contributed by atoms with E-state index in [1.807, 2.05) is 60.4 Å². The van der Waals surface area contributed by atoms with Crippen molar-refractivity contribution in [3.8, 4) is 11.3 Å². The summed E-state index contributed by atoms with van der Waals surface area (Å²) in [4.78, 5) is 28.0. The Balaban J connectivity index is 1.91. The minimum Gasteiger partial charge on any atom is -0.384 e. The van der Waals surface area contributed by atoms with E-state index in [0.717, 1.165) is 22.5 Å². The number of aryl methyl sites for hydroxylation is 1. The maximum atomic E-state index is 12.8. The number of methoxy groups -OCH3 is 1. The first kappa shape index (κ1) is 19.6. The molecule has 6 nitrogen and oxygen atoms in total. The minimum atomic E-state index is 0.0222. The van der Waals surface area contributed by atoms with Crippen molar-refractivity contribution in [2.45, 2.75) is 26.4 Å². The molecular formula is C22H24N4O2. The zero-order valence-corrected chi connectivity index (χ0v) is 16.2. The van der Waals surface area contributed by atoms with Gasteiger partial charge in [-0.05, 0) is 24.6 Å². The van der Waals surface area contributed by atoms with E-state index in [9.17, 15) is 4.79 Å². The molecule has 3 aromatic rings. The number of hydrogen-bond acceptors (Lipinski definition) is 5. The molecule has 2 heterocycles. The van der Waals surface area contributed by atoms with Gasteiger partial charge < -0.3 is 9.64 Å². The van der Waals surface area contributed by atoms with Crippen LogP contribution in [0.1, 0.15) is 23.5 Å². The minimum absolute atomic E-state index is 0.0222. The number of nitrogens with zero attached hydrogens (tertiary/aromatic N) is 4. The number of rotatable bonds is 8. The molecule has 0 saturated heterocycles. The Morgan fingerprint density at radius 3 is 2.54 bits per heavy atom. The van der Waals surface area contributed by atoms with Crippen molar-refractivity contribution in [3.63, 3.8) is 0 Å². The van der Waals surface area contributed by atoms with Crippen molar-refractivity contribution in [3.05, 3.63) is 78.0 Å². The van der Waals surface area contributed by atoms with Gasteiger partial charge in [0.1, 0.15) is 5.82 Å². The Labute approximate surface area is 165 Å². The third kappa shape index (κ3) is 5.20. The molecule has 0 fully saturated rings. The molecule has 6 heteroatoms. The summed E-state index contributed by atoms with van der Waals surface area (Å²) >= 11 is 0. The average Bonchev–Trinajstić information content (AvgIpc) is 2.73. The highest BCUT2D eigenvalue weighted by Gasteiger charge is 2.18. The molecule has 0 aliphatic carbocycles. The Kier molecular flexibility index (Phi) is 6.81. The Bertz CT molecular complexity index is 901. The SMILES string of the molecule is COCCC(=O)N(Cc1ccccc1)Cc1nc(C)ncc1-c1ccccn1. The molecule has 0 saturated carbocycles. The molecule has 0 unspecified atom stereocenters. The van der Waals surface area contributed by atoms with Crippen LogP contribution in [-0.2, 0) is 22.6 Å². The molecule has 0 aliphatic heterocycles. The normalized spacial score (nSPS) is 10.6. The predicted molar refractivity (Wildman–Crippen MR) is 107 cm³/mol. The first-order chi connectivity index (χ1) is 13.7. The monoisotopic (exact) mass is 376 g/mol. The summed E-state index contributed by atoms with van der Waals surface area (Å²) < 4.78 is 5.09. The van der Waals surface area contributed by atoms with Gasteiger partial charge in [-0.25, -0.2) is 9.97 Å². The van der Waals surface area contributed by atoms with Gasteiger partial charge in [0.05, 0.1) is 31.0 Å². The van der Waals surface area contributed by atoms with Crippen LogP contribution in [-0.4, -0.2) is 39.5 Å². The van der Waals surface area contributed by atoms with Crippen molar-refractivity contribution in [2.24, 2.45) is 0 Å². The van der Waals surface area contributed by atoms with Crippen molar-refractivity contribution in [2.75, 3.05) is 13.7 Å². The van der Waals surface area contributed by atoms with Gasteiger partial charge in [0.25, 0.3) is 0 Å². The summed E-state index contributed by atoms with van der Waals surface area (Å²) in [5.74, 6) is 0.688. The summed E-state index contributed by atoms with van der Waals surface area (Å²) in [7, 11) is 1.60. The average molecular weight is 376 g/mol. The molecule has 144 valence electrons. The summed E-state index contributed by atoms with van der Waals surface area (Å²) in [6.07, 6.45) is 3.84. The predicted octanol–water partition coefficient (Wildman–Crippen LogP) is 3.41. The van der Waals surface area contributed by atoms with Crippen LogP contribution in [0.15, 0.2) is 60.9 Å². The zero-order chi connectivity index (χ0) is 19.8. The first-order valence-corrected chi connectivity index (χ1v) is 9.22. The first-order valence-electron chi connectivity index (χ1n) is 9.22. The molecule has 0 spiro atoms. The van der Waals surface area contributed by atoms with E-state index in [1.165, 1.54) is 0 Å². The van der Waals surface area contributed by atoms with E-state index in [2.05, 4.69) is 15.0 Å². The second-order valence-corrected chi connectivity index (χ2v) is 6.47. The van der Waals surface area contributed by atoms with Crippen molar-refractivity contribution in [1.29, 1.82) is 0 Å². The van der Waals surface area contributed by atoms with Gasteiger partial charge in [-0.15, -0.1) is 0 Å². The van der Waals surface area contributed by atoms with Gasteiger partial charge in [0.2, 0.25) is 5.91 Å². The Morgan fingerprint density at radius 2 is 1.82 bits per heavy atom. The molecule has 28 heavy (non-hydrogen) atoms. The summed E-state index contributed by atoms with van der Waals surface area (Å²) in [6, 6.07) is 15.7. The van der Waals surface area contributed by atoms with Crippen LogP contribution in [0.25, 0.3) is 11.3 Å². The number of hydrogen-bond donors (Lipinski definition) is 0. The number of carbonyl (C=O) groups excluding carboxylic acids is 1. The molecule has 1 aromatic carbocycles. The second-order valence-electron chi connectivity index (χ2n) is 6.47. The highest BCUT2D eigenvalue weighted by molar-refractivity contribution is 5.76. The van der Waals surface area contributed by atoms with E-state index in [-0.39, 0.29) is 5.91 Å². The van der Waals surface area contributed by atoms with E-state index >= 15 is 0 Å². The summed E-state index contributed by atoms with van der Waals surface area (Å²) in [5.41, 5.74) is 3.48. The smallest absolute Gasteiger partial charge is 0.225 e. The van der Waals surface area contributed by atoms with Gasteiger partial charge in [-0.1, -0.05) is 36.4 Å². The molecule has 0 radical (unpaired) electrons. The lowest BCUT2D eigenvalue weighted by Crippen LogP contribution is -2.31. The lowest BCUT2D eigenvalue weighted by molar-refractivity contribution is -0.133. The Hall–Kier alpha value is -3.12. The lowest BCUT2D eigenvalue weighted by Gasteiger charge is -2.24. The fraction of sp³-hybridized carbons (Fsp3) is 0.273. The molecule has 0 N–H and O–H groups in total. The molecule has 0 bridgehead atoms. The highest BCUT2D eigenvalue weighted by atomic mass is 16.5. The molecule has 0 atom stereocenters. The molecular weight excluding hydrogens is 352 g/mol. The number of carbonyl (C=O) groups is 1. The van der Waals surface area contributed by atoms with Gasteiger partial charge in [-0.3, -0.25) is 9.78 Å². The quantitative estimate of drug-likeness (QED) is 0.603.